The van der Waals surface area contributed by atoms with Crippen molar-refractivity contribution in [3.63, 3.8) is 0 Å². The van der Waals surface area contributed by atoms with Gasteiger partial charge in [-0.05, 0) is 36.8 Å². The lowest BCUT2D eigenvalue weighted by atomic mass is 10.1. The second-order valence-corrected chi connectivity index (χ2v) is 6.16. The summed E-state index contributed by atoms with van der Waals surface area (Å²) in [5.41, 5.74) is 2.05. The lowest BCUT2D eigenvalue weighted by Crippen LogP contribution is -2.53. The minimum Gasteiger partial charge on any atom is -0.487 e. The fourth-order valence-corrected chi connectivity index (χ4v) is 2.88. The third-order valence-electron chi connectivity index (χ3n) is 4.40. The molecule has 0 spiro atoms. The minimum atomic E-state index is -0.0816. The van der Waals surface area contributed by atoms with E-state index in [2.05, 4.69) is 16.0 Å². The van der Waals surface area contributed by atoms with Crippen molar-refractivity contribution in [1.82, 2.24) is 14.8 Å². The van der Waals surface area contributed by atoms with Gasteiger partial charge in [-0.25, -0.2) is 0 Å². The van der Waals surface area contributed by atoms with E-state index in [9.17, 15) is 4.79 Å². The Bertz CT molecular complexity index is 690. The van der Waals surface area contributed by atoms with Gasteiger partial charge in [-0.3, -0.25) is 14.7 Å². The molecule has 2 heterocycles. The minimum absolute atomic E-state index is 0.0816. The van der Waals surface area contributed by atoms with Crippen molar-refractivity contribution in [2.75, 3.05) is 20.1 Å². The summed E-state index contributed by atoms with van der Waals surface area (Å²) in [7, 11) is 1.86. The molecule has 0 saturated carbocycles. The second-order valence-electron chi connectivity index (χ2n) is 6.16. The summed E-state index contributed by atoms with van der Waals surface area (Å²) >= 11 is 0. The van der Waals surface area contributed by atoms with Gasteiger partial charge in [0.2, 0.25) is 5.91 Å². The number of amides is 1. The summed E-state index contributed by atoms with van der Waals surface area (Å²) in [6.45, 7) is 4.84. The summed E-state index contributed by atoms with van der Waals surface area (Å²) in [5.74, 6) is 1.01. The second kappa shape index (κ2) is 7.45. The first-order valence-corrected chi connectivity index (χ1v) is 8.24. The van der Waals surface area contributed by atoms with Crippen LogP contribution < -0.4 is 4.74 Å². The van der Waals surface area contributed by atoms with Crippen LogP contribution in [0.5, 0.6) is 5.75 Å². The molecule has 3 rings (SSSR count). The Balaban J connectivity index is 1.62. The number of carbonyl (C=O) groups excluding carboxylic acids is 1. The van der Waals surface area contributed by atoms with Gasteiger partial charge >= 0.3 is 0 Å². The number of aromatic nitrogens is 1. The van der Waals surface area contributed by atoms with Crippen LogP contribution >= 0.6 is 0 Å². The number of nitrogens with zero attached hydrogens (tertiary/aromatic N) is 3. The van der Waals surface area contributed by atoms with Crippen LogP contribution in [-0.4, -0.2) is 46.9 Å². The van der Waals surface area contributed by atoms with Crippen LogP contribution in [0.1, 0.15) is 18.2 Å². The van der Waals surface area contributed by atoms with Crippen LogP contribution in [0.15, 0.2) is 48.7 Å². The highest BCUT2D eigenvalue weighted by Gasteiger charge is 2.29. The maximum absolute atomic E-state index is 12.1. The Hall–Kier alpha value is -2.40. The molecule has 2 aromatic rings. The van der Waals surface area contributed by atoms with E-state index < -0.39 is 0 Å². The van der Waals surface area contributed by atoms with Gasteiger partial charge in [-0.1, -0.05) is 18.2 Å². The summed E-state index contributed by atoms with van der Waals surface area (Å²) in [6.07, 6.45) is 1.76. The molecule has 0 bridgehead atoms. The van der Waals surface area contributed by atoms with E-state index in [1.54, 1.807) is 11.1 Å². The molecule has 0 aliphatic carbocycles. The molecule has 1 aromatic heterocycles. The number of likely N-dealkylation sites (N-methyl/N-ethyl adjacent to an activating group) is 1. The van der Waals surface area contributed by atoms with Crippen LogP contribution in [0.2, 0.25) is 0 Å². The molecule has 1 saturated heterocycles. The van der Waals surface area contributed by atoms with Crippen LogP contribution in [0.25, 0.3) is 0 Å². The highest BCUT2D eigenvalue weighted by atomic mass is 16.5. The highest BCUT2D eigenvalue weighted by molar-refractivity contribution is 5.81. The van der Waals surface area contributed by atoms with Crippen LogP contribution in [-0.2, 0) is 17.9 Å². The number of benzene rings is 1. The lowest BCUT2D eigenvalue weighted by Gasteiger charge is -2.37. The third-order valence-corrected chi connectivity index (χ3v) is 4.40. The molecule has 1 aliphatic rings. The largest absolute Gasteiger partial charge is 0.487 e. The zero-order valence-electron chi connectivity index (χ0n) is 14.2. The van der Waals surface area contributed by atoms with Gasteiger partial charge in [0.15, 0.2) is 0 Å². The Labute approximate surface area is 142 Å². The number of pyridine rings is 1. The fourth-order valence-electron chi connectivity index (χ4n) is 2.88. The lowest BCUT2D eigenvalue weighted by molar-refractivity contribution is -0.139. The first kappa shape index (κ1) is 16.5. The molecule has 0 N–H and O–H groups in total. The average Bonchev–Trinajstić information content (AvgIpc) is 2.62. The number of ether oxygens (including phenoxy) is 1. The van der Waals surface area contributed by atoms with Crippen molar-refractivity contribution in [3.8, 4) is 5.75 Å². The van der Waals surface area contributed by atoms with Gasteiger partial charge in [0.1, 0.15) is 12.4 Å². The van der Waals surface area contributed by atoms with Gasteiger partial charge in [0, 0.05) is 32.9 Å². The predicted molar refractivity (Wildman–Crippen MR) is 92.5 cm³/mol. The Morgan fingerprint density at radius 3 is 2.88 bits per heavy atom. The van der Waals surface area contributed by atoms with Gasteiger partial charge in [-0.2, -0.15) is 0 Å². The van der Waals surface area contributed by atoms with Crippen molar-refractivity contribution in [1.29, 1.82) is 0 Å². The van der Waals surface area contributed by atoms with E-state index in [1.165, 1.54) is 0 Å². The van der Waals surface area contributed by atoms with E-state index >= 15 is 0 Å². The van der Waals surface area contributed by atoms with Crippen molar-refractivity contribution in [3.05, 3.63) is 59.9 Å². The smallest absolute Gasteiger partial charge is 0.239 e. The Morgan fingerprint density at radius 1 is 1.21 bits per heavy atom. The van der Waals surface area contributed by atoms with Gasteiger partial charge in [-0.15, -0.1) is 0 Å². The van der Waals surface area contributed by atoms with Crippen LogP contribution in [0.4, 0.5) is 0 Å². The molecule has 1 fully saturated rings. The summed E-state index contributed by atoms with van der Waals surface area (Å²) in [4.78, 5) is 20.4. The fraction of sp³-hybridized carbons (Fsp3) is 0.368. The van der Waals surface area contributed by atoms with Gasteiger partial charge in [0.05, 0.1) is 11.7 Å². The first-order valence-electron chi connectivity index (χ1n) is 8.24. The van der Waals surface area contributed by atoms with Gasteiger partial charge < -0.3 is 9.64 Å². The van der Waals surface area contributed by atoms with Crippen molar-refractivity contribution in [2.24, 2.45) is 0 Å². The van der Waals surface area contributed by atoms with Crippen LogP contribution in [0.3, 0.4) is 0 Å². The zero-order chi connectivity index (χ0) is 16.9. The number of carbonyl (C=O) groups is 1. The molecule has 1 atom stereocenters. The van der Waals surface area contributed by atoms with Gasteiger partial charge in [0.25, 0.3) is 0 Å². The summed E-state index contributed by atoms with van der Waals surface area (Å²) < 4.78 is 5.83. The molecule has 1 amide bonds. The van der Waals surface area contributed by atoms with Crippen molar-refractivity contribution in [2.45, 2.75) is 26.1 Å². The monoisotopic (exact) mass is 325 g/mol. The molecule has 5 heteroatoms. The normalized spacial score (nSPS) is 18.7. The molecular formula is C19H23N3O2. The SMILES string of the molecule is C[C@@H]1C(=O)N(C)CCN1Cc1cccc(OCc2ccccn2)c1. The Morgan fingerprint density at radius 2 is 2.08 bits per heavy atom. The molecular weight excluding hydrogens is 302 g/mol. The third kappa shape index (κ3) is 3.92. The first-order chi connectivity index (χ1) is 11.6. The van der Waals surface area contributed by atoms with E-state index in [4.69, 9.17) is 4.74 Å². The van der Waals surface area contributed by atoms with E-state index in [-0.39, 0.29) is 11.9 Å². The van der Waals surface area contributed by atoms with Crippen molar-refractivity contribution >= 4 is 5.91 Å². The standard InChI is InChI=1S/C19H23N3O2/c1-15-19(23)21(2)10-11-22(15)13-16-6-5-8-18(12-16)24-14-17-7-3-4-9-20-17/h3-9,12,15H,10-11,13-14H2,1-2H3/t15-/m1/s1. The average molecular weight is 325 g/mol. The van der Waals surface area contributed by atoms with E-state index in [0.717, 1.165) is 36.6 Å². The quantitative estimate of drug-likeness (QED) is 0.846. The number of hydrogen-bond donors (Lipinski definition) is 0. The van der Waals surface area contributed by atoms with Crippen molar-refractivity contribution < 1.29 is 9.53 Å². The molecule has 1 aromatic carbocycles. The predicted octanol–water partition coefficient (Wildman–Crippen LogP) is 2.32. The topological polar surface area (TPSA) is 45.7 Å². The molecule has 5 nitrogen and oxygen atoms in total. The summed E-state index contributed by atoms with van der Waals surface area (Å²) in [6, 6.07) is 13.8. The maximum Gasteiger partial charge on any atom is 0.239 e. The van der Waals surface area contributed by atoms with Crippen LogP contribution in [0, 0.1) is 0 Å². The highest BCUT2D eigenvalue weighted by Crippen LogP contribution is 2.19. The Kier molecular flexibility index (Phi) is 5.11. The molecule has 126 valence electrons. The molecule has 0 unspecified atom stereocenters. The molecule has 1 aliphatic heterocycles. The van der Waals surface area contributed by atoms with E-state index in [0.29, 0.717) is 6.61 Å². The number of piperazine rings is 1. The zero-order valence-corrected chi connectivity index (χ0v) is 14.2. The number of rotatable bonds is 5. The summed E-state index contributed by atoms with van der Waals surface area (Å²) in [5, 5.41) is 0. The molecule has 24 heavy (non-hydrogen) atoms. The molecule has 0 radical (unpaired) electrons. The van der Waals surface area contributed by atoms with E-state index in [1.807, 2.05) is 50.4 Å². The maximum atomic E-state index is 12.1. The number of hydrogen-bond acceptors (Lipinski definition) is 4.